The van der Waals surface area contributed by atoms with Crippen LogP contribution in [0.5, 0.6) is 17.2 Å². The van der Waals surface area contributed by atoms with Gasteiger partial charge in [0.25, 0.3) is 5.91 Å². The molecule has 0 saturated heterocycles. The number of nitrogens with zero attached hydrogens (tertiary/aromatic N) is 1. The highest BCUT2D eigenvalue weighted by molar-refractivity contribution is 6.30. The summed E-state index contributed by atoms with van der Waals surface area (Å²) in [4.78, 5) is 27.4. The fraction of sp³-hybridized carbons (Fsp3) is 0.185. The Kier molecular flexibility index (Phi) is 7.57. The van der Waals surface area contributed by atoms with E-state index in [9.17, 15) is 9.59 Å². The van der Waals surface area contributed by atoms with Gasteiger partial charge in [-0.2, -0.15) is 0 Å². The highest BCUT2D eigenvalue weighted by atomic mass is 35.5. The maximum Gasteiger partial charge on any atom is 0.294 e. The number of hydrogen-bond acceptors (Lipinski definition) is 5. The average molecular weight is 493 g/mol. The summed E-state index contributed by atoms with van der Waals surface area (Å²) in [6, 6.07) is 19.8. The van der Waals surface area contributed by atoms with Crippen molar-refractivity contribution in [3.8, 4) is 17.2 Å². The molecule has 2 amide bonds. The van der Waals surface area contributed by atoms with E-state index >= 15 is 0 Å². The first-order valence-electron chi connectivity index (χ1n) is 11.0. The summed E-state index contributed by atoms with van der Waals surface area (Å²) in [5.41, 5.74) is 2.25. The van der Waals surface area contributed by atoms with Crippen LogP contribution < -0.4 is 24.4 Å². The van der Waals surface area contributed by atoms with Crippen LogP contribution >= 0.6 is 11.6 Å². The third kappa shape index (κ3) is 5.75. The molecule has 0 atom stereocenters. The van der Waals surface area contributed by atoms with Crippen molar-refractivity contribution in [2.75, 3.05) is 32.2 Å². The van der Waals surface area contributed by atoms with E-state index in [2.05, 4.69) is 5.32 Å². The van der Waals surface area contributed by atoms with Crippen molar-refractivity contribution < 1.29 is 23.8 Å². The Morgan fingerprint density at radius 2 is 1.83 bits per heavy atom. The minimum absolute atomic E-state index is 0.115. The molecule has 0 saturated carbocycles. The van der Waals surface area contributed by atoms with Crippen LogP contribution in [0.2, 0.25) is 5.02 Å². The number of benzene rings is 3. The zero-order valence-corrected chi connectivity index (χ0v) is 20.2. The molecular formula is C27H25ClN2O5. The molecule has 3 aromatic rings. The number of halogens is 1. The first-order chi connectivity index (χ1) is 17.0. The van der Waals surface area contributed by atoms with E-state index in [1.165, 1.54) is 4.90 Å². The Labute approximate surface area is 208 Å². The van der Waals surface area contributed by atoms with Crippen LogP contribution in [0.15, 0.2) is 72.5 Å². The lowest BCUT2D eigenvalue weighted by Gasteiger charge is -2.30. The number of anilines is 1. The summed E-state index contributed by atoms with van der Waals surface area (Å²) in [6.07, 6.45) is 2.21. The van der Waals surface area contributed by atoms with Crippen molar-refractivity contribution in [2.45, 2.75) is 6.42 Å². The van der Waals surface area contributed by atoms with Gasteiger partial charge in [-0.05, 0) is 60.0 Å². The second-order valence-corrected chi connectivity index (χ2v) is 8.25. The van der Waals surface area contributed by atoms with E-state index in [-0.39, 0.29) is 18.2 Å². The molecule has 35 heavy (non-hydrogen) atoms. The second-order valence-electron chi connectivity index (χ2n) is 7.81. The first-order valence-corrected chi connectivity index (χ1v) is 11.4. The van der Waals surface area contributed by atoms with Gasteiger partial charge in [0.15, 0.2) is 23.0 Å². The van der Waals surface area contributed by atoms with Gasteiger partial charge in [0.2, 0.25) is 5.91 Å². The van der Waals surface area contributed by atoms with Crippen LogP contribution in [-0.2, 0) is 16.0 Å². The molecule has 4 rings (SSSR count). The molecule has 0 radical (unpaired) electrons. The minimum Gasteiger partial charge on any atom is -0.493 e. The molecule has 0 aliphatic carbocycles. The van der Waals surface area contributed by atoms with Crippen LogP contribution in [-0.4, -0.2) is 39.1 Å². The summed E-state index contributed by atoms with van der Waals surface area (Å²) >= 11 is 6.07. The molecule has 7 nitrogen and oxygen atoms in total. The fourth-order valence-electron chi connectivity index (χ4n) is 3.75. The van der Waals surface area contributed by atoms with Crippen LogP contribution in [0.4, 0.5) is 5.69 Å². The highest BCUT2D eigenvalue weighted by Gasteiger charge is 2.31. The summed E-state index contributed by atoms with van der Waals surface area (Å²) in [7, 11) is 3.16. The van der Waals surface area contributed by atoms with Gasteiger partial charge in [0.1, 0.15) is 6.54 Å². The summed E-state index contributed by atoms with van der Waals surface area (Å²) < 4.78 is 16.4. The average Bonchev–Trinajstić information content (AvgIpc) is 2.86. The number of rotatable bonds is 8. The van der Waals surface area contributed by atoms with Gasteiger partial charge in [-0.3, -0.25) is 14.5 Å². The third-order valence-electron chi connectivity index (χ3n) is 5.46. The third-order valence-corrected chi connectivity index (χ3v) is 5.70. The maximum atomic E-state index is 13.2. The molecule has 1 heterocycles. The van der Waals surface area contributed by atoms with Crippen LogP contribution in [0.1, 0.15) is 11.1 Å². The molecule has 1 aliphatic heterocycles. The molecule has 0 fully saturated rings. The Hall–Kier alpha value is -3.97. The maximum absolute atomic E-state index is 13.2. The Morgan fingerprint density at radius 1 is 1.03 bits per heavy atom. The number of carbonyl (C=O) groups excluding carboxylic acids is 2. The number of amides is 2. The minimum atomic E-state index is -0.404. The summed E-state index contributed by atoms with van der Waals surface area (Å²) in [5, 5.41) is 3.44. The SMILES string of the molecule is COc1ccc(CCNC(=O)CN2C(=O)C(=Cc3cccc(Cl)c3)Oc3ccccc32)cc1OC. The summed E-state index contributed by atoms with van der Waals surface area (Å²) in [5.74, 6) is 1.20. The lowest BCUT2D eigenvalue weighted by atomic mass is 10.1. The first kappa shape index (κ1) is 24.2. The van der Waals surface area contributed by atoms with Gasteiger partial charge < -0.3 is 19.5 Å². The highest BCUT2D eigenvalue weighted by Crippen LogP contribution is 2.35. The van der Waals surface area contributed by atoms with Crippen LogP contribution in [0, 0.1) is 0 Å². The smallest absolute Gasteiger partial charge is 0.294 e. The van der Waals surface area contributed by atoms with Gasteiger partial charge in [-0.1, -0.05) is 41.9 Å². The monoisotopic (exact) mass is 492 g/mol. The zero-order chi connectivity index (χ0) is 24.8. The number of hydrogen-bond donors (Lipinski definition) is 1. The number of para-hydroxylation sites is 2. The summed E-state index contributed by atoms with van der Waals surface area (Å²) in [6.45, 7) is 0.262. The topological polar surface area (TPSA) is 77.1 Å². The number of methoxy groups -OCH3 is 2. The Bertz CT molecular complexity index is 1270. The van der Waals surface area contributed by atoms with Crippen molar-refractivity contribution in [1.82, 2.24) is 5.32 Å². The van der Waals surface area contributed by atoms with E-state index in [0.717, 1.165) is 11.1 Å². The molecule has 180 valence electrons. The quantitative estimate of drug-likeness (QED) is 0.469. The Morgan fingerprint density at radius 3 is 2.60 bits per heavy atom. The van der Waals surface area contributed by atoms with Crippen molar-refractivity contribution in [3.05, 3.63) is 88.6 Å². The van der Waals surface area contributed by atoms with Gasteiger partial charge in [0, 0.05) is 11.6 Å². The lowest BCUT2D eigenvalue weighted by Crippen LogP contribution is -2.44. The van der Waals surface area contributed by atoms with E-state index in [1.807, 2.05) is 30.3 Å². The molecular weight excluding hydrogens is 468 g/mol. The second kappa shape index (κ2) is 11.0. The molecule has 3 aromatic carbocycles. The number of fused-ring (bicyclic) bond motifs is 1. The molecule has 0 bridgehead atoms. The molecule has 0 spiro atoms. The lowest BCUT2D eigenvalue weighted by molar-refractivity contribution is -0.123. The molecule has 8 heteroatoms. The van der Waals surface area contributed by atoms with E-state index < -0.39 is 5.91 Å². The number of nitrogens with one attached hydrogen (secondary N) is 1. The zero-order valence-electron chi connectivity index (χ0n) is 19.4. The van der Waals surface area contributed by atoms with Gasteiger partial charge in [0.05, 0.1) is 19.9 Å². The molecule has 1 aliphatic rings. The molecule has 0 unspecified atom stereocenters. The number of carbonyl (C=O) groups is 2. The normalized spacial score (nSPS) is 13.7. The number of ether oxygens (including phenoxy) is 3. The van der Waals surface area contributed by atoms with E-state index in [4.69, 9.17) is 25.8 Å². The van der Waals surface area contributed by atoms with Gasteiger partial charge >= 0.3 is 0 Å². The van der Waals surface area contributed by atoms with E-state index in [1.54, 1.807) is 56.7 Å². The van der Waals surface area contributed by atoms with Crippen molar-refractivity contribution in [2.24, 2.45) is 0 Å². The van der Waals surface area contributed by atoms with Crippen LogP contribution in [0.25, 0.3) is 6.08 Å². The predicted octanol–water partition coefficient (Wildman–Crippen LogP) is 4.48. The predicted molar refractivity (Wildman–Crippen MR) is 135 cm³/mol. The van der Waals surface area contributed by atoms with Crippen LogP contribution in [0.3, 0.4) is 0 Å². The molecule has 1 N–H and O–H groups in total. The van der Waals surface area contributed by atoms with Gasteiger partial charge in [-0.15, -0.1) is 0 Å². The Balaban J connectivity index is 1.45. The molecule has 0 aromatic heterocycles. The standard InChI is InChI=1S/C27H25ClN2O5/c1-33-23-11-10-18(15-24(23)34-2)12-13-29-26(31)17-30-21-8-3-4-9-22(21)35-25(27(30)32)16-19-6-5-7-20(28)14-19/h3-11,14-16H,12-13,17H2,1-2H3,(H,29,31). The van der Waals surface area contributed by atoms with Crippen molar-refractivity contribution >= 4 is 35.2 Å². The van der Waals surface area contributed by atoms with Crippen molar-refractivity contribution in [3.63, 3.8) is 0 Å². The fourth-order valence-corrected chi connectivity index (χ4v) is 3.95. The van der Waals surface area contributed by atoms with Gasteiger partial charge in [-0.25, -0.2) is 0 Å². The van der Waals surface area contributed by atoms with Crippen molar-refractivity contribution in [1.29, 1.82) is 0 Å². The van der Waals surface area contributed by atoms with E-state index in [0.29, 0.717) is 40.9 Å². The largest absolute Gasteiger partial charge is 0.493 e.